The molecule has 0 spiro atoms. The molecule has 0 aliphatic heterocycles. The van der Waals surface area contributed by atoms with Crippen LogP contribution in [-0.2, 0) is 19.3 Å². The normalized spacial score (nSPS) is 28.7. The van der Waals surface area contributed by atoms with Crippen molar-refractivity contribution in [2.75, 3.05) is 0 Å². The number of hydrogen-bond donors (Lipinski definition) is 0. The lowest BCUT2D eigenvalue weighted by Crippen LogP contribution is -2.33. The summed E-state index contributed by atoms with van der Waals surface area (Å²) in [7, 11) is 0. The maximum absolute atomic E-state index is 2.62. The highest BCUT2D eigenvalue weighted by Gasteiger charge is 2.46. The summed E-state index contributed by atoms with van der Waals surface area (Å²) >= 11 is 0. The van der Waals surface area contributed by atoms with E-state index >= 15 is 0 Å². The zero-order valence-electron chi connectivity index (χ0n) is 19.1. The topological polar surface area (TPSA) is 0 Å². The third-order valence-corrected chi connectivity index (χ3v) is 8.66. The van der Waals surface area contributed by atoms with Crippen LogP contribution in [-0.4, -0.2) is 0 Å². The SMILES string of the molecule is Cc1c2c(cc3c1CC[C@@]1(C)C3=CC[C@@H]1[C@H](C)/C=C/[C@H](C)C(C)C)CCCC2. The lowest BCUT2D eigenvalue weighted by Gasteiger charge is -2.42. The summed E-state index contributed by atoms with van der Waals surface area (Å²) in [6.45, 7) is 14.5. The lowest BCUT2D eigenvalue weighted by atomic mass is 9.61. The van der Waals surface area contributed by atoms with Gasteiger partial charge in [-0.3, -0.25) is 0 Å². The Morgan fingerprint density at radius 3 is 2.50 bits per heavy atom. The van der Waals surface area contributed by atoms with Gasteiger partial charge in [0.25, 0.3) is 0 Å². The number of fused-ring (bicyclic) bond motifs is 4. The van der Waals surface area contributed by atoms with Gasteiger partial charge in [0.05, 0.1) is 0 Å². The Morgan fingerprint density at radius 1 is 1.00 bits per heavy atom. The molecule has 0 nitrogen and oxygen atoms in total. The first-order valence-corrected chi connectivity index (χ1v) is 11.9. The van der Waals surface area contributed by atoms with E-state index in [9.17, 15) is 0 Å². The highest BCUT2D eigenvalue weighted by atomic mass is 14.5. The van der Waals surface area contributed by atoms with E-state index in [1.165, 1.54) is 44.9 Å². The number of aryl methyl sites for hydroxylation is 1. The molecule has 4 rings (SSSR count). The molecule has 0 fully saturated rings. The first-order chi connectivity index (χ1) is 13.3. The highest BCUT2D eigenvalue weighted by molar-refractivity contribution is 5.78. The Hall–Kier alpha value is -1.30. The third-order valence-electron chi connectivity index (χ3n) is 8.66. The fraction of sp³-hybridized carbons (Fsp3) is 0.643. The van der Waals surface area contributed by atoms with Crippen molar-refractivity contribution in [2.45, 2.75) is 86.5 Å². The second-order valence-corrected chi connectivity index (χ2v) is 10.6. The molecule has 28 heavy (non-hydrogen) atoms. The van der Waals surface area contributed by atoms with Gasteiger partial charge in [-0.05, 0) is 114 Å². The minimum Gasteiger partial charge on any atom is -0.0852 e. The highest BCUT2D eigenvalue weighted by Crippen LogP contribution is 2.58. The quantitative estimate of drug-likeness (QED) is 0.472. The Labute approximate surface area is 173 Å². The fourth-order valence-electron chi connectivity index (χ4n) is 6.29. The Kier molecular flexibility index (Phi) is 5.36. The van der Waals surface area contributed by atoms with E-state index in [-0.39, 0.29) is 0 Å². The van der Waals surface area contributed by atoms with Crippen molar-refractivity contribution in [2.24, 2.45) is 29.1 Å². The van der Waals surface area contributed by atoms with Gasteiger partial charge in [0, 0.05) is 0 Å². The van der Waals surface area contributed by atoms with Crippen LogP contribution in [0.25, 0.3) is 5.57 Å². The van der Waals surface area contributed by atoms with Crippen molar-refractivity contribution >= 4 is 5.57 Å². The van der Waals surface area contributed by atoms with Crippen LogP contribution >= 0.6 is 0 Å². The average molecular weight is 377 g/mol. The molecule has 0 heterocycles. The molecule has 152 valence electrons. The third kappa shape index (κ3) is 3.21. The molecule has 0 N–H and O–H groups in total. The summed E-state index contributed by atoms with van der Waals surface area (Å²) in [4.78, 5) is 0. The first kappa shape index (κ1) is 20.0. The lowest BCUT2D eigenvalue weighted by molar-refractivity contribution is 0.217. The van der Waals surface area contributed by atoms with E-state index in [0.717, 1.165) is 11.8 Å². The van der Waals surface area contributed by atoms with Gasteiger partial charge in [0.2, 0.25) is 0 Å². The van der Waals surface area contributed by atoms with Gasteiger partial charge in [-0.2, -0.15) is 0 Å². The smallest absolute Gasteiger partial charge is 0.00325 e. The molecule has 4 atom stereocenters. The molecule has 0 bridgehead atoms. The molecule has 0 saturated heterocycles. The standard InChI is InChI=1S/C28H40/c1-18(2)19(3)11-12-20(4)26-13-14-27-25-17-22-9-7-8-10-23(22)21(5)24(25)15-16-28(26,27)6/h11-12,14,17-20,26H,7-10,13,15-16H2,1-6H3/b12-11+/t19-,20+,26+,28+/m0/s1. The average Bonchev–Trinajstić information content (AvgIpc) is 3.03. The minimum absolute atomic E-state index is 0.354. The molecule has 3 aliphatic carbocycles. The van der Waals surface area contributed by atoms with Crippen molar-refractivity contribution in [1.29, 1.82) is 0 Å². The van der Waals surface area contributed by atoms with Crippen LogP contribution in [0.15, 0.2) is 24.3 Å². The van der Waals surface area contributed by atoms with Crippen molar-refractivity contribution in [3.63, 3.8) is 0 Å². The summed E-state index contributed by atoms with van der Waals surface area (Å²) in [5.74, 6) is 2.81. The van der Waals surface area contributed by atoms with Gasteiger partial charge >= 0.3 is 0 Å². The molecule has 0 radical (unpaired) electrons. The summed E-state index contributed by atoms with van der Waals surface area (Å²) in [5.41, 5.74) is 10.3. The van der Waals surface area contributed by atoms with Crippen LogP contribution in [0.5, 0.6) is 0 Å². The van der Waals surface area contributed by atoms with Crippen LogP contribution in [0, 0.1) is 36.0 Å². The Balaban J connectivity index is 1.64. The van der Waals surface area contributed by atoms with Gasteiger partial charge in [-0.25, -0.2) is 0 Å². The Bertz CT molecular complexity index is 806. The van der Waals surface area contributed by atoms with E-state index in [1.54, 1.807) is 33.4 Å². The second-order valence-electron chi connectivity index (χ2n) is 10.6. The summed E-state index contributed by atoms with van der Waals surface area (Å²) in [6, 6.07) is 2.61. The molecule has 0 aromatic heterocycles. The number of allylic oxidation sites excluding steroid dienone is 4. The molecular formula is C28H40. The minimum atomic E-state index is 0.354. The second kappa shape index (κ2) is 7.51. The molecule has 0 amide bonds. The van der Waals surface area contributed by atoms with E-state index in [4.69, 9.17) is 0 Å². The van der Waals surface area contributed by atoms with E-state index in [1.807, 2.05) is 0 Å². The Morgan fingerprint density at radius 2 is 1.75 bits per heavy atom. The summed E-state index contributed by atoms with van der Waals surface area (Å²) in [5, 5.41) is 0. The van der Waals surface area contributed by atoms with Crippen LogP contribution in [0.3, 0.4) is 0 Å². The fourth-order valence-corrected chi connectivity index (χ4v) is 6.29. The maximum atomic E-state index is 2.62. The van der Waals surface area contributed by atoms with Crippen LogP contribution < -0.4 is 0 Å². The van der Waals surface area contributed by atoms with Crippen molar-refractivity contribution < 1.29 is 0 Å². The molecular weight excluding hydrogens is 336 g/mol. The molecule has 0 heteroatoms. The largest absolute Gasteiger partial charge is 0.0852 e. The van der Waals surface area contributed by atoms with Gasteiger partial charge in [-0.1, -0.05) is 58.9 Å². The van der Waals surface area contributed by atoms with Crippen molar-refractivity contribution in [3.05, 3.63) is 52.1 Å². The molecule has 1 aromatic rings. The van der Waals surface area contributed by atoms with Gasteiger partial charge in [0.15, 0.2) is 0 Å². The molecule has 3 aliphatic rings. The zero-order valence-corrected chi connectivity index (χ0v) is 19.1. The maximum Gasteiger partial charge on any atom is -0.00325 e. The number of hydrogen-bond acceptors (Lipinski definition) is 0. The van der Waals surface area contributed by atoms with Crippen LogP contribution in [0.2, 0.25) is 0 Å². The molecule has 0 saturated carbocycles. The van der Waals surface area contributed by atoms with Gasteiger partial charge in [0.1, 0.15) is 0 Å². The van der Waals surface area contributed by atoms with Crippen LogP contribution in [0.4, 0.5) is 0 Å². The van der Waals surface area contributed by atoms with Crippen molar-refractivity contribution in [3.8, 4) is 0 Å². The van der Waals surface area contributed by atoms with E-state index in [2.05, 4.69) is 65.8 Å². The zero-order chi connectivity index (χ0) is 20.1. The van der Waals surface area contributed by atoms with E-state index in [0.29, 0.717) is 17.3 Å². The van der Waals surface area contributed by atoms with Gasteiger partial charge in [-0.15, -0.1) is 0 Å². The van der Waals surface area contributed by atoms with E-state index < -0.39 is 0 Å². The monoisotopic (exact) mass is 376 g/mol. The van der Waals surface area contributed by atoms with Gasteiger partial charge < -0.3 is 0 Å². The van der Waals surface area contributed by atoms with Crippen LogP contribution in [0.1, 0.15) is 88.1 Å². The predicted octanol–water partition coefficient (Wildman–Crippen LogP) is 7.71. The summed E-state index contributed by atoms with van der Waals surface area (Å²) in [6.07, 6.45) is 16.8. The molecule has 1 aromatic carbocycles. The molecule has 0 unspecified atom stereocenters. The number of rotatable bonds is 4. The summed E-state index contributed by atoms with van der Waals surface area (Å²) < 4.78 is 0. The first-order valence-electron chi connectivity index (χ1n) is 11.9. The predicted molar refractivity (Wildman–Crippen MR) is 123 cm³/mol. The number of benzene rings is 1. The van der Waals surface area contributed by atoms with Crippen molar-refractivity contribution in [1.82, 2.24) is 0 Å².